The number of ether oxygens (including phenoxy) is 1. The molecule has 4 heterocycles. The van der Waals surface area contributed by atoms with Crippen LogP contribution >= 0.6 is 0 Å². The minimum Gasteiger partial charge on any atom is -0.508 e. The molecule has 3 aliphatic rings. The molecule has 7 nitrogen and oxygen atoms in total. The van der Waals surface area contributed by atoms with Crippen LogP contribution in [0.25, 0.3) is 32.8 Å². The lowest BCUT2D eigenvalue weighted by molar-refractivity contribution is 0.145. The van der Waals surface area contributed by atoms with Gasteiger partial charge in [0.05, 0.1) is 18.8 Å². The van der Waals surface area contributed by atoms with Gasteiger partial charge in [-0.2, -0.15) is 9.97 Å². The molecule has 1 aromatic heterocycles. The molecule has 10 heteroatoms. The molecule has 0 aliphatic carbocycles. The first kappa shape index (κ1) is 29.0. The number of hydrogen-bond acceptors (Lipinski definition) is 7. The Bertz CT molecular complexity index is 1710. The molecule has 3 aliphatic heterocycles. The number of piperidine rings is 1. The standard InChI is InChI=1S/C26H21F2N3O3.C7H12FN/c1-3-17-21(27)7-4-14-12-16(33)13-20(22(14)17)18-5-6-19-24(23(18)28)29-26(34-2)30-25(19)31-10-8-15(32)9-11-31;8-6-4-7-2-1-3-9(7)5-6/h1,4-7,12-13,15,32-33H,8-11H2,2H3;6-7H,1-5H2. The van der Waals surface area contributed by atoms with E-state index in [9.17, 15) is 19.0 Å². The third-order valence-corrected chi connectivity index (χ3v) is 8.66. The molecule has 2 N–H and O–H groups in total. The summed E-state index contributed by atoms with van der Waals surface area (Å²) in [6.07, 6.45) is 9.16. The van der Waals surface area contributed by atoms with E-state index in [1.807, 2.05) is 4.90 Å². The number of aliphatic hydroxyl groups is 1. The van der Waals surface area contributed by atoms with E-state index in [4.69, 9.17) is 11.2 Å². The summed E-state index contributed by atoms with van der Waals surface area (Å²) in [6.45, 7) is 2.97. The summed E-state index contributed by atoms with van der Waals surface area (Å²) in [5.41, 5.74) is 0.374. The molecule has 0 amide bonds. The Balaban J connectivity index is 0.000000310. The lowest BCUT2D eigenvalue weighted by Gasteiger charge is -2.31. The zero-order valence-electron chi connectivity index (χ0n) is 23.9. The number of fused-ring (bicyclic) bond motifs is 3. The fourth-order valence-electron chi connectivity index (χ4n) is 6.55. The third kappa shape index (κ3) is 5.55. The number of aliphatic hydroxyl groups excluding tert-OH is 1. The lowest BCUT2D eigenvalue weighted by atomic mass is 9.93. The van der Waals surface area contributed by atoms with Crippen LogP contribution in [-0.4, -0.2) is 76.7 Å². The van der Waals surface area contributed by atoms with E-state index in [0.29, 0.717) is 60.5 Å². The second-order valence-electron chi connectivity index (χ2n) is 11.4. The predicted molar refractivity (Wildman–Crippen MR) is 160 cm³/mol. The van der Waals surface area contributed by atoms with Gasteiger partial charge < -0.3 is 19.8 Å². The van der Waals surface area contributed by atoms with Crippen molar-refractivity contribution in [3.8, 4) is 35.2 Å². The summed E-state index contributed by atoms with van der Waals surface area (Å²) in [4.78, 5) is 12.9. The fourth-order valence-corrected chi connectivity index (χ4v) is 6.55. The average molecular weight is 591 g/mol. The Morgan fingerprint density at radius 2 is 1.81 bits per heavy atom. The number of halogens is 3. The number of aromatic hydroxyl groups is 1. The fraction of sp³-hybridized carbons (Fsp3) is 0.394. The van der Waals surface area contributed by atoms with E-state index >= 15 is 4.39 Å². The molecule has 7 rings (SSSR count). The van der Waals surface area contributed by atoms with E-state index < -0.39 is 17.8 Å². The highest BCUT2D eigenvalue weighted by molar-refractivity contribution is 6.04. The number of aromatic nitrogens is 2. The van der Waals surface area contributed by atoms with Crippen molar-refractivity contribution in [3.05, 3.63) is 53.6 Å². The van der Waals surface area contributed by atoms with Gasteiger partial charge in [0.1, 0.15) is 29.1 Å². The molecule has 0 radical (unpaired) electrons. The van der Waals surface area contributed by atoms with Crippen molar-refractivity contribution in [3.63, 3.8) is 0 Å². The van der Waals surface area contributed by atoms with Crippen LogP contribution in [0.4, 0.5) is 19.0 Å². The van der Waals surface area contributed by atoms with Gasteiger partial charge in [0.25, 0.3) is 0 Å². The summed E-state index contributed by atoms with van der Waals surface area (Å²) in [5, 5.41) is 21.4. The lowest BCUT2D eigenvalue weighted by Crippen LogP contribution is -2.36. The van der Waals surface area contributed by atoms with Crippen molar-refractivity contribution in [2.75, 3.05) is 38.2 Å². The van der Waals surface area contributed by atoms with Crippen molar-refractivity contribution in [2.45, 2.75) is 50.4 Å². The largest absolute Gasteiger partial charge is 0.508 e. The molecule has 0 saturated carbocycles. The number of methoxy groups -OCH3 is 1. The van der Waals surface area contributed by atoms with Crippen molar-refractivity contribution < 1.29 is 28.1 Å². The van der Waals surface area contributed by atoms with E-state index in [1.165, 1.54) is 44.2 Å². The van der Waals surface area contributed by atoms with E-state index in [-0.39, 0.29) is 40.1 Å². The van der Waals surface area contributed by atoms with Gasteiger partial charge in [-0.05, 0) is 73.9 Å². The smallest absolute Gasteiger partial charge is 0.318 e. The van der Waals surface area contributed by atoms with Crippen molar-refractivity contribution in [1.29, 1.82) is 0 Å². The monoisotopic (exact) mass is 590 g/mol. The predicted octanol–water partition coefficient (Wildman–Crippen LogP) is 5.58. The minimum atomic E-state index is -0.671. The molecule has 4 aromatic rings. The van der Waals surface area contributed by atoms with Crippen LogP contribution in [0.1, 0.15) is 37.7 Å². The van der Waals surface area contributed by atoms with Crippen LogP contribution in [0.3, 0.4) is 0 Å². The van der Waals surface area contributed by atoms with Gasteiger partial charge in [-0.1, -0.05) is 18.1 Å². The van der Waals surface area contributed by atoms with Gasteiger partial charge in [-0.3, -0.25) is 4.90 Å². The number of benzene rings is 3. The van der Waals surface area contributed by atoms with Crippen LogP contribution in [0.15, 0.2) is 36.4 Å². The Kier molecular flexibility index (Phi) is 8.03. The Morgan fingerprint density at radius 1 is 1.02 bits per heavy atom. The highest BCUT2D eigenvalue weighted by atomic mass is 19.1. The summed E-state index contributed by atoms with van der Waals surface area (Å²) < 4.78 is 48.4. The zero-order valence-corrected chi connectivity index (χ0v) is 23.9. The molecule has 3 fully saturated rings. The highest BCUT2D eigenvalue weighted by Gasteiger charge is 2.34. The quantitative estimate of drug-likeness (QED) is 0.302. The van der Waals surface area contributed by atoms with Gasteiger partial charge in [-0.25, -0.2) is 13.2 Å². The summed E-state index contributed by atoms with van der Waals surface area (Å²) >= 11 is 0. The van der Waals surface area contributed by atoms with Crippen LogP contribution in [0, 0.1) is 24.0 Å². The maximum absolute atomic E-state index is 16.0. The molecule has 0 spiro atoms. The van der Waals surface area contributed by atoms with Crippen molar-refractivity contribution >= 4 is 27.5 Å². The van der Waals surface area contributed by atoms with Crippen molar-refractivity contribution in [1.82, 2.24) is 14.9 Å². The number of phenols is 1. The first-order valence-electron chi connectivity index (χ1n) is 14.5. The van der Waals surface area contributed by atoms with Crippen LogP contribution in [-0.2, 0) is 0 Å². The van der Waals surface area contributed by atoms with Gasteiger partial charge in [-0.15, -0.1) is 6.42 Å². The normalized spacial score (nSPS) is 20.6. The SMILES string of the molecule is C#Cc1c(F)ccc2cc(O)cc(-c3ccc4c(N5CCC(O)CC5)nc(OC)nc4c3F)c12.FC1CC2CCCN2C1. The average Bonchev–Trinajstić information content (AvgIpc) is 3.58. The van der Waals surface area contributed by atoms with E-state index in [2.05, 4.69) is 20.8 Å². The molecule has 3 saturated heterocycles. The number of anilines is 1. The van der Waals surface area contributed by atoms with Gasteiger partial charge in [0, 0.05) is 42.0 Å². The maximum Gasteiger partial charge on any atom is 0.318 e. The second-order valence-corrected chi connectivity index (χ2v) is 11.4. The maximum atomic E-state index is 16.0. The molecule has 3 aromatic carbocycles. The topological polar surface area (TPSA) is 82.0 Å². The van der Waals surface area contributed by atoms with Crippen LogP contribution in [0.2, 0.25) is 0 Å². The molecule has 224 valence electrons. The second kappa shape index (κ2) is 11.9. The number of nitrogens with zero attached hydrogens (tertiary/aromatic N) is 4. The highest BCUT2D eigenvalue weighted by Crippen LogP contribution is 2.40. The third-order valence-electron chi connectivity index (χ3n) is 8.66. The van der Waals surface area contributed by atoms with Gasteiger partial charge in [0.15, 0.2) is 5.82 Å². The number of alkyl halides is 1. The molecular weight excluding hydrogens is 557 g/mol. The molecule has 0 bridgehead atoms. The zero-order chi connectivity index (χ0) is 30.2. The Hall–Kier alpha value is -4.07. The first-order chi connectivity index (χ1) is 20.8. The number of terminal acetylenes is 1. The molecule has 2 atom stereocenters. The Labute approximate surface area is 247 Å². The molecule has 2 unspecified atom stereocenters. The van der Waals surface area contributed by atoms with Gasteiger partial charge >= 0.3 is 6.01 Å². The van der Waals surface area contributed by atoms with Crippen LogP contribution < -0.4 is 9.64 Å². The summed E-state index contributed by atoms with van der Waals surface area (Å²) in [5.74, 6) is 1.47. The summed E-state index contributed by atoms with van der Waals surface area (Å²) in [7, 11) is 1.40. The number of rotatable bonds is 3. The number of hydrogen-bond donors (Lipinski definition) is 2. The van der Waals surface area contributed by atoms with Gasteiger partial charge in [0.2, 0.25) is 0 Å². The number of phenolic OH excluding ortho intramolecular Hbond substituents is 1. The van der Waals surface area contributed by atoms with E-state index in [1.54, 1.807) is 12.1 Å². The first-order valence-corrected chi connectivity index (χ1v) is 14.5. The summed E-state index contributed by atoms with van der Waals surface area (Å²) in [6, 6.07) is 9.37. The minimum absolute atomic E-state index is 0.000738. The molecule has 43 heavy (non-hydrogen) atoms. The van der Waals surface area contributed by atoms with Crippen molar-refractivity contribution in [2.24, 2.45) is 0 Å². The van der Waals surface area contributed by atoms with Crippen LogP contribution in [0.5, 0.6) is 11.8 Å². The van der Waals surface area contributed by atoms with E-state index in [0.717, 1.165) is 13.0 Å². The molecular formula is C33H33F3N4O3. The Morgan fingerprint density at radius 3 is 2.53 bits per heavy atom.